The van der Waals surface area contributed by atoms with Crippen LogP contribution in [0.2, 0.25) is 0 Å². The van der Waals surface area contributed by atoms with E-state index < -0.39 is 0 Å². The molecule has 1 aromatic carbocycles. The van der Waals surface area contributed by atoms with Crippen LogP contribution in [-0.2, 0) is 6.42 Å². The molecule has 2 heteroatoms. The largest absolute Gasteiger partial charge is 0.497 e. The lowest BCUT2D eigenvalue weighted by Gasteiger charge is -2.03. The van der Waals surface area contributed by atoms with Crippen LogP contribution in [0.15, 0.2) is 18.2 Å². The highest BCUT2D eigenvalue weighted by atomic mass is 19.1. The standard InChI is InChI=1S/C10H13FO/c1-3-4-8-5-9(11)7-10(6-8)12-2/h5-7H,3-4H2,1-2H3. The van der Waals surface area contributed by atoms with Crippen molar-refractivity contribution in [2.24, 2.45) is 0 Å². The number of halogens is 1. The Bertz CT molecular complexity index is 258. The van der Waals surface area contributed by atoms with E-state index >= 15 is 0 Å². The normalized spacial score (nSPS) is 9.92. The first-order valence-corrected chi connectivity index (χ1v) is 4.09. The van der Waals surface area contributed by atoms with E-state index in [1.54, 1.807) is 13.2 Å². The molecule has 66 valence electrons. The van der Waals surface area contributed by atoms with Gasteiger partial charge < -0.3 is 4.74 Å². The average molecular weight is 168 g/mol. The Morgan fingerprint density at radius 1 is 1.33 bits per heavy atom. The number of hydrogen-bond acceptors (Lipinski definition) is 1. The predicted octanol–water partition coefficient (Wildman–Crippen LogP) is 2.79. The number of benzene rings is 1. The summed E-state index contributed by atoms with van der Waals surface area (Å²) in [5.74, 6) is 0.372. The molecule has 0 fully saturated rings. The zero-order valence-corrected chi connectivity index (χ0v) is 7.43. The van der Waals surface area contributed by atoms with Gasteiger partial charge in [-0.05, 0) is 24.1 Å². The molecule has 0 amide bonds. The molecule has 0 aliphatic heterocycles. The summed E-state index contributed by atoms with van der Waals surface area (Å²) in [7, 11) is 1.55. The summed E-state index contributed by atoms with van der Waals surface area (Å²) in [5.41, 5.74) is 0.995. The van der Waals surface area contributed by atoms with Crippen molar-refractivity contribution in [2.45, 2.75) is 19.8 Å². The third-order valence-electron chi connectivity index (χ3n) is 1.71. The smallest absolute Gasteiger partial charge is 0.127 e. The topological polar surface area (TPSA) is 9.23 Å². The van der Waals surface area contributed by atoms with Gasteiger partial charge in [0.2, 0.25) is 0 Å². The maximum atomic E-state index is 12.9. The van der Waals surface area contributed by atoms with Gasteiger partial charge in [0.25, 0.3) is 0 Å². The Labute approximate surface area is 72.2 Å². The Morgan fingerprint density at radius 3 is 2.67 bits per heavy atom. The van der Waals surface area contributed by atoms with Crippen molar-refractivity contribution >= 4 is 0 Å². The van der Waals surface area contributed by atoms with Crippen molar-refractivity contribution in [3.63, 3.8) is 0 Å². The fourth-order valence-electron chi connectivity index (χ4n) is 1.17. The van der Waals surface area contributed by atoms with Gasteiger partial charge in [-0.1, -0.05) is 13.3 Å². The summed E-state index contributed by atoms with van der Waals surface area (Å²) in [4.78, 5) is 0. The molecule has 0 N–H and O–H groups in total. The zero-order chi connectivity index (χ0) is 8.97. The van der Waals surface area contributed by atoms with Crippen molar-refractivity contribution in [3.05, 3.63) is 29.6 Å². The number of methoxy groups -OCH3 is 1. The van der Waals surface area contributed by atoms with Crippen LogP contribution >= 0.6 is 0 Å². The third kappa shape index (κ3) is 2.22. The Morgan fingerprint density at radius 2 is 2.08 bits per heavy atom. The average Bonchev–Trinajstić information content (AvgIpc) is 2.04. The molecule has 0 aliphatic rings. The first-order chi connectivity index (χ1) is 5.76. The quantitative estimate of drug-likeness (QED) is 0.674. The number of aryl methyl sites for hydroxylation is 1. The fourth-order valence-corrected chi connectivity index (χ4v) is 1.17. The molecule has 0 radical (unpaired) electrons. The minimum absolute atomic E-state index is 0.224. The third-order valence-corrected chi connectivity index (χ3v) is 1.71. The van der Waals surface area contributed by atoms with Gasteiger partial charge in [-0.15, -0.1) is 0 Å². The van der Waals surface area contributed by atoms with Gasteiger partial charge in [-0.3, -0.25) is 0 Å². The van der Waals surface area contributed by atoms with E-state index in [1.807, 2.05) is 6.07 Å². The summed E-state index contributed by atoms with van der Waals surface area (Å²) in [6.07, 6.45) is 1.92. The fraction of sp³-hybridized carbons (Fsp3) is 0.400. The van der Waals surface area contributed by atoms with E-state index in [0.717, 1.165) is 18.4 Å². The first-order valence-electron chi connectivity index (χ1n) is 4.09. The Hall–Kier alpha value is -1.05. The van der Waals surface area contributed by atoms with Crippen LogP contribution in [0.5, 0.6) is 5.75 Å². The maximum Gasteiger partial charge on any atom is 0.127 e. The van der Waals surface area contributed by atoms with E-state index in [1.165, 1.54) is 6.07 Å². The monoisotopic (exact) mass is 168 g/mol. The van der Waals surface area contributed by atoms with Crippen molar-refractivity contribution in [2.75, 3.05) is 7.11 Å². The van der Waals surface area contributed by atoms with E-state index in [9.17, 15) is 4.39 Å². The zero-order valence-electron chi connectivity index (χ0n) is 7.43. The molecule has 0 saturated heterocycles. The highest BCUT2D eigenvalue weighted by Gasteiger charge is 1.99. The van der Waals surface area contributed by atoms with Gasteiger partial charge in [0, 0.05) is 6.07 Å². The highest BCUT2D eigenvalue weighted by Crippen LogP contribution is 2.16. The molecule has 1 nitrogen and oxygen atoms in total. The Kier molecular flexibility index (Phi) is 3.09. The van der Waals surface area contributed by atoms with Gasteiger partial charge in [0.15, 0.2) is 0 Å². The van der Waals surface area contributed by atoms with Crippen LogP contribution in [0.4, 0.5) is 4.39 Å². The number of ether oxygens (including phenoxy) is 1. The van der Waals surface area contributed by atoms with Crippen LogP contribution in [0, 0.1) is 5.82 Å². The lowest BCUT2D eigenvalue weighted by atomic mass is 10.1. The molecular weight excluding hydrogens is 155 g/mol. The van der Waals surface area contributed by atoms with Crippen LogP contribution in [0.3, 0.4) is 0 Å². The predicted molar refractivity (Wildman–Crippen MR) is 46.9 cm³/mol. The number of hydrogen-bond donors (Lipinski definition) is 0. The van der Waals surface area contributed by atoms with E-state index in [2.05, 4.69) is 6.92 Å². The van der Waals surface area contributed by atoms with E-state index in [-0.39, 0.29) is 5.82 Å². The molecule has 0 unspecified atom stereocenters. The van der Waals surface area contributed by atoms with Gasteiger partial charge >= 0.3 is 0 Å². The van der Waals surface area contributed by atoms with Crippen LogP contribution in [0.25, 0.3) is 0 Å². The SMILES string of the molecule is CCCc1cc(F)cc(OC)c1. The van der Waals surface area contributed by atoms with Gasteiger partial charge in [0.1, 0.15) is 11.6 Å². The molecule has 12 heavy (non-hydrogen) atoms. The highest BCUT2D eigenvalue weighted by molar-refractivity contribution is 5.29. The number of rotatable bonds is 3. The van der Waals surface area contributed by atoms with Crippen LogP contribution in [0.1, 0.15) is 18.9 Å². The molecule has 0 aliphatic carbocycles. The molecule has 1 rings (SSSR count). The minimum atomic E-state index is -0.224. The van der Waals surface area contributed by atoms with Crippen molar-refractivity contribution in [1.82, 2.24) is 0 Å². The van der Waals surface area contributed by atoms with Gasteiger partial charge in [0.05, 0.1) is 7.11 Å². The molecular formula is C10H13FO. The molecule has 0 heterocycles. The lowest BCUT2D eigenvalue weighted by molar-refractivity contribution is 0.410. The summed E-state index contributed by atoms with van der Waals surface area (Å²) in [5, 5.41) is 0. The lowest BCUT2D eigenvalue weighted by Crippen LogP contribution is -1.89. The summed E-state index contributed by atoms with van der Waals surface area (Å²) in [6.45, 7) is 2.07. The van der Waals surface area contributed by atoms with Gasteiger partial charge in [-0.2, -0.15) is 0 Å². The maximum absolute atomic E-state index is 12.9. The van der Waals surface area contributed by atoms with Crippen molar-refractivity contribution in [1.29, 1.82) is 0 Å². The molecule has 0 aromatic heterocycles. The summed E-state index contributed by atoms with van der Waals surface area (Å²) >= 11 is 0. The molecule has 0 atom stereocenters. The van der Waals surface area contributed by atoms with Crippen LogP contribution < -0.4 is 4.74 Å². The molecule has 0 bridgehead atoms. The van der Waals surface area contributed by atoms with Crippen molar-refractivity contribution < 1.29 is 9.13 Å². The van der Waals surface area contributed by atoms with E-state index in [4.69, 9.17) is 4.74 Å². The summed E-state index contributed by atoms with van der Waals surface area (Å²) < 4.78 is 17.8. The Balaban J connectivity index is 2.90. The second-order valence-corrected chi connectivity index (χ2v) is 2.75. The van der Waals surface area contributed by atoms with Gasteiger partial charge in [-0.25, -0.2) is 4.39 Å². The van der Waals surface area contributed by atoms with Crippen molar-refractivity contribution in [3.8, 4) is 5.75 Å². The summed E-state index contributed by atoms with van der Waals surface area (Å²) in [6, 6.07) is 4.80. The molecule has 0 saturated carbocycles. The molecule has 1 aromatic rings. The van der Waals surface area contributed by atoms with E-state index in [0.29, 0.717) is 5.75 Å². The molecule has 0 spiro atoms. The second kappa shape index (κ2) is 4.10. The second-order valence-electron chi connectivity index (χ2n) is 2.75. The minimum Gasteiger partial charge on any atom is -0.497 e. The first kappa shape index (κ1) is 9.04. The van der Waals surface area contributed by atoms with Crippen LogP contribution in [-0.4, -0.2) is 7.11 Å².